The van der Waals surface area contributed by atoms with Gasteiger partial charge in [0.15, 0.2) is 11.5 Å². The van der Waals surface area contributed by atoms with Crippen molar-refractivity contribution in [2.45, 2.75) is 20.3 Å². The van der Waals surface area contributed by atoms with Crippen LogP contribution in [0.1, 0.15) is 25.8 Å². The van der Waals surface area contributed by atoms with Crippen molar-refractivity contribution in [2.24, 2.45) is 0 Å². The van der Waals surface area contributed by atoms with E-state index in [0.29, 0.717) is 30.5 Å². The van der Waals surface area contributed by atoms with Crippen molar-refractivity contribution in [3.05, 3.63) is 23.8 Å². The number of rotatable bonds is 8. The van der Waals surface area contributed by atoms with E-state index in [2.05, 4.69) is 0 Å². The van der Waals surface area contributed by atoms with E-state index in [0.717, 1.165) is 12.0 Å². The van der Waals surface area contributed by atoms with Gasteiger partial charge in [-0.25, -0.2) is 4.79 Å². The first-order valence-corrected chi connectivity index (χ1v) is 6.89. The Bertz CT molecular complexity index is 468. The maximum atomic E-state index is 11.5. The van der Waals surface area contributed by atoms with E-state index >= 15 is 0 Å². The molecule has 5 nitrogen and oxygen atoms in total. The summed E-state index contributed by atoms with van der Waals surface area (Å²) in [5, 5.41) is 0. The number of carbonyl (C=O) groups excluding carboxylic acids is 1. The third-order valence-corrected chi connectivity index (χ3v) is 2.63. The predicted octanol–water partition coefficient (Wildman–Crippen LogP) is 3.07. The minimum absolute atomic E-state index is 0.372. The van der Waals surface area contributed by atoms with Crippen LogP contribution < -0.4 is 14.2 Å². The molecular weight excluding hydrogens is 272 g/mol. The summed E-state index contributed by atoms with van der Waals surface area (Å²) in [6.45, 7) is 4.75. The van der Waals surface area contributed by atoms with Gasteiger partial charge in [-0.05, 0) is 37.1 Å². The quantitative estimate of drug-likeness (QED) is 0.545. The molecule has 0 aromatic heterocycles. The topological polar surface area (TPSA) is 54.0 Å². The summed E-state index contributed by atoms with van der Waals surface area (Å²) in [6.07, 6.45) is 3.83. The van der Waals surface area contributed by atoms with Crippen LogP contribution in [0.2, 0.25) is 0 Å². The lowest BCUT2D eigenvalue weighted by atomic mass is 10.1. The molecule has 0 bridgehead atoms. The fourth-order valence-electron chi connectivity index (χ4n) is 1.70. The van der Waals surface area contributed by atoms with Crippen molar-refractivity contribution in [2.75, 3.05) is 27.4 Å². The normalized spacial score (nSPS) is 10.5. The van der Waals surface area contributed by atoms with E-state index in [1.807, 2.05) is 13.8 Å². The largest absolute Gasteiger partial charge is 0.493 e. The highest BCUT2D eigenvalue weighted by Gasteiger charge is 2.13. The third kappa shape index (κ3) is 5.02. The van der Waals surface area contributed by atoms with E-state index < -0.39 is 0 Å². The predicted molar refractivity (Wildman–Crippen MR) is 81.0 cm³/mol. The van der Waals surface area contributed by atoms with Gasteiger partial charge in [-0.3, -0.25) is 0 Å². The SMILES string of the molecule is CCCOC(=O)/C=C/c1cc(OC)c(OCC)c(OC)c1. The van der Waals surface area contributed by atoms with Gasteiger partial charge in [0.2, 0.25) is 5.75 Å². The Balaban J connectivity index is 2.98. The second kappa shape index (κ2) is 8.89. The van der Waals surface area contributed by atoms with E-state index in [1.54, 1.807) is 32.4 Å². The van der Waals surface area contributed by atoms with Crippen LogP contribution >= 0.6 is 0 Å². The van der Waals surface area contributed by atoms with Crippen LogP contribution in [0.15, 0.2) is 18.2 Å². The van der Waals surface area contributed by atoms with Crippen molar-refractivity contribution in [1.82, 2.24) is 0 Å². The van der Waals surface area contributed by atoms with Gasteiger partial charge in [-0.2, -0.15) is 0 Å². The lowest BCUT2D eigenvalue weighted by Gasteiger charge is -2.14. The Kier molecular flexibility index (Phi) is 7.15. The van der Waals surface area contributed by atoms with Crippen molar-refractivity contribution in [1.29, 1.82) is 0 Å². The summed E-state index contributed by atoms with van der Waals surface area (Å²) in [5.74, 6) is 1.28. The minimum atomic E-state index is -0.372. The van der Waals surface area contributed by atoms with Gasteiger partial charge in [0, 0.05) is 6.08 Å². The molecule has 0 aliphatic heterocycles. The summed E-state index contributed by atoms with van der Waals surface area (Å²) in [7, 11) is 3.11. The number of hydrogen-bond acceptors (Lipinski definition) is 5. The summed E-state index contributed by atoms with van der Waals surface area (Å²) in [5.41, 5.74) is 0.764. The van der Waals surface area contributed by atoms with Crippen molar-refractivity contribution in [3.63, 3.8) is 0 Å². The molecule has 0 amide bonds. The molecule has 21 heavy (non-hydrogen) atoms. The molecule has 0 aliphatic carbocycles. The maximum Gasteiger partial charge on any atom is 0.330 e. The maximum absolute atomic E-state index is 11.5. The lowest BCUT2D eigenvalue weighted by molar-refractivity contribution is -0.137. The molecule has 1 aromatic carbocycles. The highest BCUT2D eigenvalue weighted by molar-refractivity contribution is 5.87. The molecule has 1 rings (SSSR count). The van der Waals surface area contributed by atoms with Crippen LogP contribution in [0.4, 0.5) is 0 Å². The molecule has 116 valence electrons. The molecule has 1 aromatic rings. The Morgan fingerprint density at radius 1 is 1.14 bits per heavy atom. The second-order valence-electron chi connectivity index (χ2n) is 4.19. The van der Waals surface area contributed by atoms with Crippen molar-refractivity contribution >= 4 is 12.0 Å². The molecule has 0 N–H and O–H groups in total. The van der Waals surface area contributed by atoms with Gasteiger partial charge in [-0.15, -0.1) is 0 Å². The highest BCUT2D eigenvalue weighted by atomic mass is 16.5. The average Bonchev–Trinajstić information content (AvgIpc) is 2.51. The molecule has 0 aliphatic rings. The summed E-state index contributed by atoms with van der Waals surface area (Å²) in [4.78, 5) is 11.5. The Morgan fingerprint density at radius 3 is 2.24 bits per heavy atom. The molecule has 0 saturated heterocycles. The molecule has 0 radical (unpaired) electrons. The smallest absolute Gasteiger partial charge is 0.330 e. The van der Waals surface area contributed by atoms with Crippen LogP contribution in [0.25, 0.3) is 6.08 Å². The van der Waals surface area contributed by atoms with E-state index in [1.165, 1.54) is 6.08 Å². The molecule has 0 atom stereocenters. The molecular formula is C16H22O5. The van der Waals surface area contributed by atoms with Crippen LogP contribution in [0.3, 0.4) is 0 Å². The number of ether oxygens (including phenoxy) is 4. The number of esters is 1. The van der Waals surface area contributed by atoms with Gasteiger partial charge in [0.1, 0.15) is 0 Å². The Labute approximate surface area is 125 Å². The average molecular weight is 294 g/mol. The fraction of sp³-hybridized carbons (Fsp3) is 0.438. The zero-order chi connectivity index (χ0) is 15.7. The first-order valence-electron chi connectivity index (χ1n) is 6.89. The lowest BCUT2D eigenvalue weighted by Crippen LogP contribution is -2.01. The first kappa shape index (κ1) is 16.9. The standard InChI is InChI=1S/C16H22O5/c1-5-9-21-15(17)8-7-12-10-13(18-3)16(20-6-2)14(11-12)19-4/h7-8,10-11H,5-6,9H2,1-4H3/b8-7+. The van der Waals surface area contributed by atoms with E-state index in [-0.39, 0.29) is 5.97 Å². The number of carbonyl (C=O) groups is 1. The molecule has 0 spiro atoms. The highest BCUT2D eigenvalue weighted by Crippen LogP contribution is 2.38. The first-order chi connectivity index (χ1) is 10.2. The zero-order valence-corrected chi connectivity index (χ0v) is 13.0. The van der Waals surface area contributed by atoms with Gasteiger partial charge in [0.25, 0.3) is 0 Å². The Morgan fingerprint density at radius 2 is 1.76 bits per heavy atom. The molecule has 0 unspecified atom stereocenters. The van der Waals surface area contributed by atoms with E-state index in [9.17, 15) is 4.79 Å². The van der Waals surface area contributed by atoms with Gasteiger partial charge in [-0.1, -0.05) is 6.92 Å². The molecule has 5 heteroatoms. The third-order valence-electron chi connectivity index (χ3n) is 2.63. The number of benzene rings is 1. The Hall–Kier alpha value is -2.17. The molecule has 0 saturated carbocycles. The van der Waals surface area contributed by atoms with Crippen LogP contribution in [0.5, 0.6) is 17.2 Å². The van der Waals surface area contributed by atoms with Crippen molar-refractivity contribution in [3.8, 4) is 17.2 Å². The van der Waals surface area contributed by atoms with Gasteiger partial charge >= 0.3 is 5.97 Å². The van der Waals surface area contributed by atoms with Crippen LogP contribution in [-0.2, 0) is 9.53 Å². The number of hydrogen-bond donors (Lipinski definition) is 0. The number of methoxy groups -OCH3 is 2. The molecule has 0 fully saturated rings. The van der Waals surface area contributed by atoms with Crippen LogP contribution in [0, 0.1) is 0 Å². The fourth-order valence-corrected chi connectivity index (χ4v) is 1.70. The molecule has 0 heterocycles. The zero-order valence-electron chi connectivity index (χ0n) is 13.0. The van der Waals surface area contributed by atoms with Crippen molar-refractivity contribution < 1.29 is 23.7 Å². The van der Waals surface area contributed by atoms with Crippen LogP contribution in [-0.4, -0.2) is 33.4 Å². The summed E-state index contributed by atoms with van der Waals surface area (Å²) < 4.78 is 21.1. The second-order valence-corrected chi connectivity index (χ2v) is 4.19. The summed E-state index contributed by atoms with van der Waals surface area (Å²) in [6, 6.07) is 3.55. The summed E-state index contributed by atoms with van der Waals surface area (Å²) >= 11 is 0. The van der Waals surface area contributed by atoms with Gasteiger partial charge < -0.3 is 18.9 Å². The van der Waals surface area contributed by atoms with E-state index in [4.69, 9.17) is 18.9 Å². The van der Waals surface area contributed by atoms with Gasteiger partial charge in [0.05, 0.1) is 27.4 Å². The minimum Gasteiger partial charge on any atom is -0.493 e. The monoisotopic (exact) mass is 294 g/mol.